The zero-order valence-corrected chi connectivity index (χ0v) is 20.5. The van der Waals surface area contributed by atoms with Gasteiger partial charge in [0.15, 0.2) is 10.8 Å². The zero-order chi connectivity index (χ0) is 21.9. The van der Waals surface area contributed by atoms with Crippen molar-refractivity contribution in [3.8, 4) is 5.95 Å². The smallest absolute Gasteiger partial charge is 0.240 e. The number of thiophene rings is 1. The van der Waals surface area contributed by atoms with E-state index < -0.39 is 0 Å². The third-order valence-corrected chi connectivity index (χ3v) is 7.71. The maximum Gasteiger partial charge on any atom is 0.240 e. The van der Waals surface area contributed by atoms with Gasteiger partial charge in [-0.3, -0.25) is 0 Å². The summed E-state index contributed by atoms with van der Waals surface area (Å²) >= 11 is 3.44. The van der Waals surface area contributed by atoms with Crippen LogP contribution in [0.3, 0.4) is 0 Å². The van der Waals surface area contributed by atoms with Crippen LogP contribution in [0.1, 0.15) is 55.9 Å². The molecule has 5 heterocycles. The summed E-state index contributed by atoms with van der Waals surface area (Å²) in [7, 11) is 0. The predicted octanol–water partition coefficient (Wildman–Crippen LogP) is 5.13. The van der Waals surface area contributed by atoms with E-state index in [1.165, 1.54) is 10.4 Å². The van der Waals surface area contributed by atoms with E-state index in [-0.39, 0.29) is 5.60 Å². The quantitative estimate of drug-likeness (QED) is 0.388. The van der Waals surface area contributed by atoms with E-state index in [0.29, 0.717) is 12.5 Å². The summed E-state index contributed by atoms with van der Waals surface area (Å²) in [5, 5.41) is 16.0. The maximum atomic E-state index is 6.07. The molecule has 164 valence electrons. The van der Waals surface area contributed by atoms with Crippen LogP contribution in [-0.2, 0) is 17.8 Å². The van der Waals surface area contributed by atoms with Crippen molar-refractivity contribution in [2.24, 2.45) is 5.92 Å². The van der Waals surface area contributed by atoms with Crippen LogP contribution in [0.25, 0.3) is 21.8 Å². The normalized spacial score (nSPS) is 16.0. The lowest BCUT2D eigenvalue weighted by Crippen LogP contribution is -2.31. The van der Waals surface area contributed by atoms with Crippen LogP contribution in [0.2, 0.25) is 0 Å². The van der Waals surface area contributed by atoms with Crippen LogP contribution in [0.4, 0.5) is 0 Å². The minimum absolute atomic E-state index is 0.193. The Labute approximate surface area is 190 Å². The lowest BCUT2D eigenvalue weighted by atomic mass is 9.94. The van der Waals surface area contributed by atoms with Crippen molar-refractivity contribution in [1.29, 1.82) is 0 Å². The average molecular weight is 457 g/mol. The van der Waals surface area contributed by atoms with E-state index in [4.69, 9.17) is 14.8 Å². The molecule has 0 spiro atoms. The van der Waals surface area contributed by atoms with Crippen molar-refractivity contribution in [1.82, 2.24) is 29.4 Å². The fraction of sp³-hybridized carbons (Fsp3) is 0.545. The molecule has 0 fully saturated rings. The molecule has 0 aromatic carbocycles. The highest BCUT2D eigenvalue weighted by Crippen LogP contribution is 2.41. The van der Waals surface area contributed by atoms with Crippen LogP contribution in [0, 0.1) is 19.8 Å². The maximum absolute atomic E-state index is 6.07. The van der Waals surface area contributed by atoms with Crippen LogP contribution in [-0.4, -0.2) is 40.7 Å². The van der Waals surface area contributed by atoms with Gasteiger partial charge in [0.2, 0.25) is 5.95 Å². The van der Waals surface area contributed by atoms with Crippen molar-refractivity contribution < 1.29 is 4.74 Å². The second kappa shape index (κ2) is 7.56. The number of aryl methyl sites for hydroxylation is 2. The minimum atomic E-state index is -0.193. The monoisotopic (exact) mass is 456 g/mol. The highest BCUT2D eigenvalue weighted by atomic mass is 32.2. The molecule has 1 aliphatic rings. The Balaban J connectivity index is 1.76. The van der Waals surface area contributed by atoms with Crippen LogP contribution < -0.4 is 0 Å². The van der Waals surface area contributed by atoms with Crippen molar-refractivity contribution in [2.75, 3.05) is 5.75 Å². The number of hydrogen-bond donors (Lipinski definition) is 0. The molecule has 0 atom stereocenters. The summed E-state index contributed by atoms with van der Waals surface area (Å²) in [4.78, 5) is 7.33. The predicted molar refractivity (Wildman–Crippen MR) is 126 cm³/mol. The molecule has 0 unspecified atom stereocenters. The molecule has 4 aromatic rings. The van der Waals surface area contributed by atoms with Crippen molar-refractivity contribution in [2.45, 2.75) is 71.7 Å². The number of nitrogens with zero attached hydrogens (tertiary/aromatic N) is 6. The standard InChI is InChI=1S/C22H28N6OS2/c1-12(2)7-8-30-21-25-24-18-17-15-10-22(5,6)29-11-16(15)31-19(17)23-20(27(18)21)28-14(4)9-13(3)26-28/h9,12H,7-8,10-11H2,1-6H3. The summed E-state index contributed by atoms with van der Waals surface area (Å²) in [5.41, 5.74) is 3.99. The highest BCUT2D eigenvalue weighted by molar-refractivity contribution is 7.99. The number of ether oxygens (including phenoxy) is 1. The summed E-state index contributed by atoms with van der Waals surface area (Å²) in [6, 6.07) is 2.07. The molecule has 0 aliphatic carbocycles. The first-order valence-corrected chi connectivity index (χ1v) is 12.5. The van der Waals surface area contributed by atoms with Gasteiger partial charge in [-0.2, -0.15) is 5.10 Å². The summed E-state index contributed by atoms with van der Waals surface area (Å²) in [5.74, 6) is 2.40. The van der Waals surface area contributed by atoms with Gasteiger partial charge in [-0.1, -0.05) is 25.6 Å². The number of hydrogen-bond acceptors (Lipinski definition) is 7. The van der Waals surface area contributed by atoms with Gasteiger partial charge in [-0.15, -0.1) is 21.5 Å². The minimum Gasteiger partial charge on any atom is -0.370 e. The Bertz CT molecular complexity index is 1280. The Morgan fingerprint density at radius 3 is 2.77 bits per heavy atom. The molecule has 0 saturated carbocycles. The average Bonchev–Trinajstić information content (AvgIpc) is 3.35. The van der Waals surface area contributed by atoms with E-state index in [1.54, 1.807) is 23.1 Å². The molecule has 31 heavy (non-hydrogen) atoms. The number of thioether (sulfide) groups is 1. The Hall–Kier alpha value is -1.97. The first-order chi connectivity index (χ1) is 14.7. The molecular weight excluding hydrogens is 428 g/mol. The molecule has 4 aromatic heterocycles. The lowest BCUT2D eigenvalue weighted by Gasteiger charge is -2.30. The van der Waals surface area contributed by atoms with Gasteiger partial charge in [0.1, 0.15) is 4.83 Å². The number of aromatic nitrogens is 6. The third kappa shape index (κ3) is 3.66. The van der Waals surface area contributed by atoms with Crippen LogP contribution >= 0.6 is 23.1 Å². The van der Waals surface area contributed by atoms with Gasteiger partial charge in [-0.05, 0) is 51.7 Å². The second-order valence-electron chi connectivity index (χ2n) is 9.33. The summed E-state index contributed by atoms with van der Waals surface area (Å²) < 4.78 is 10.1. The molecule has 0 bridgehead atoms. The molecule has 1 aliphatic heterocycles. The van der Waals surface area contributed by atoms with E-state index >= 15 is 0 Å². The Morgan fingerprint density at radius 2 is 2.06 bits per heavy atom. The SMILES string of the molecule is Cc1cc(C)n(-c2nc3sc4c(c3c3nnc(SCCC(C)C)n23)CC(C)(C)OC4)n1. The fourth-order valence-corrected chi connectivity index (χ4v) is 6.31. The van der Waals surface area contributed by atoms with E-state index in [1.807, 2.05) is 11.6 Å². The number of fused-ring (bicyclic) bond motifs is 5. The van der Waals surface area contributed by atoms with Crippen molar-refractivity contribution >= 4 is 39.0 Å². The van der Waals surface area contributed by atoms with Gasteiger partial charge in [-0.25, -0.2) is 14.1 Å². The first kappa shape index (κ1) is 20.9. The van der Waals surface area contributed by atoms with Crippen molar-refractivity contribution in [3.63, 3.8) is 0 Å². The molecular formula is C22H28N6OS2. The topological polar surface area (TPSA) is 70.1 Å². The van der Waals surface area contributed by atoms with Crippen LogP contribution in [0.15, 0.2) is 11.2 Å². The Kier molecular flexibility index (Phi) is 5.10. The van der Waals surface area contributed by atoms with Crippen molar-refractivity contribution in [3.05, 3.63) is 27.9 Å². The van der Waals surface area contributed by atoms with Gasteiger partial charge in [0.25, 0.3) is 0 Å². The van der Waals surface area contributed by atoms with E-state index in [9.17, 15) is 0 Å². The third-order valence-electron chi connectivity index (χ3n) is 5.65. The number of rotatable bonds is 5. The molecule has 0 radical (unpaired) electrons. The summed E-state index contributed by atoms with van der Waals surface area (Å²) in [6.45, 7) is 13.5. The second-order valence-corrected chi connectivity index (χ2v) is 11.5. The molecule has 0 saturated heterocycles. The molecule has 5 rings (SSSR count). The van der Waals surface area contributed by atoms with Gasteiger partial charge in [0, 0.05) is 22.7 Å². The summed E-state index contributed by atoms with van der Waals surface area (Å²) in [6.07, 6.45) is 1.98. The Morgan fingerprint density at radius 1 is 1.26 bits per heavy atom. The fourth-order valence-electron chi connectivity index (χ4n) is 4.05. The molecule has 0 amide bonds. The van der Waals surface area contributed by atoms with Gasteiger partial charge < -0.3 is 4.74 Å². The molecule has 7 nitrogen and oxygen atoms in total. The largest absolute Gasteiger partial charge is 0.370 e. The molecule has 0 N–H and O–H groups in total. The van der Waals surface area contributed by atoms with Gasteiger partial charge in [0.05, 0.1) is 23.3 Å². The lowest BCUT2D eigenvalue weighted by molar-refractivity contribution is -0.0379. The molecule has 9 heteroatoms. The van der Waals surface area contributed by atoms with Crippen LogP contribution in [0.5, 0.6) is 0 Å². The van der Waals surface area contributed by atoms with E-state index in [0.717, 1.165) is 57.0 Å². The van der Waals surface area contributed by atoms with E-state index in [2.05, 4.69) is 55.3 Å². The first-order valence-electron chi connectivity index (χ1n) is 10.7. The van der Waals surface area contributed by atoms with Gasteiger partial charge >= 0.3 is 0 Å². The zero-order valence-electron chi connectivity index (χ0n) is 18.9. The highest BCUT2D eigenvalue weighted by Gasteiger charge is 2.32.